The molecule has 11 heavy (non-hydrogen) atoms. The highest BCUT2D eigenvalue weighted by Gasteiger charge is 2.01. The van der Waals surface area contributed by atoms with Gasteiger partial charge in [0.1, 0.15) is 0 Å². The summed E-state index contributed by atoms with van der Waals surface area (Å²) in [7, 11) is 1.96. The molecule has 60 valence electrons. The molecule has 1 aromatic rings. The maximum atomic E-state index is 3.75. The minimum atomic E-state index is 0.407. The van der Waals surface area contributed by atoms with Crippen LogP contribution < -0.4 is 5.32 Å². The van der Waals surface area contributed by atoms with Crippen LogP contribution in [0.25, 0.3) is 0 Å². The molecule has 0 aromatic carbocycles. The molecule has 1 aromatic heterocycles. The first-order chi connectivity index (χ1) is 5.36. The first-order valence-electron chi connectivity index (χ1n) is 3.67. The third kappa shape index (κ3) is 2.48. The van der Waals surface area contributed by atoms with Gasteiger partial charge in [0.2, 0.25) is 0 Å². The van der Waals surface area contributed by atoms with Gasteiger partial charge in [0.25, 0.3) is 0 Å². The monoisotopic (exact) mass is 167 g/mol. The molecule has 0 amide bonds. The normalized spacial score (nSPS) is 12.8. The average molecular weight is 167 g/mol. The molecule has 0 bridgehead atoms. The summed E-state index contributed by atoms with van der Waals surface area (Å²) in [5.41, 5.74) is 1.38. The van der Waals surface area contributed by atoms with Crippen LogP contribution in [0, 0.1) is 0 Å². The van der Waals surface area contributed by atoms with Crippen LogP contribution in [0.1, 0.15) is 5.56 Å². The molecule has 1 rings (SSSR count). The van der Waals surface area contributed by atoms with Crippen molar-refractivity contribution in [3.05, 3.63) is 35.0 Å². The van der Waals surface area contributed by atoms with Gasteiger partial charge >= 0.3 is 0 Å². The van der Waals surface area contributed by atoms with Crippen LogP contribution in [0.15, 0.2) is 29.5 Å². The van der Waals surface area contributed by atoms with Crippen LogP contribution in [-0.4, -0.2) is 13.1 Å². The number of hydrogen-bond acceptors (Lipinski definition) is 2. The number of likely N-dealkylation sites (N-methyl/N-ethyl adjacent to an activating group) is 1. The fourth-order valence-electron chi connectivity index (χ4n) is 0.966. The van der Waals surface area contributed by atoms with E-state index in [-0.39, 0.29) is 0 Å². The Hall–Kier alpha value is -0.600. The van der Waals surface area contributed by atoms with Gasteiger partial charge in [0.05, 0.1) is 0 Å². The van der Waals surface area contributed by atoms with Crippen molar-refractivity contribution in [2.75, 3.05) is 7.05 Å². The fourth-order valence-corrected chi connectivity index (χ4v) is 1.65. The van der Waals surface area contributed by atoms with Crippen LogP contribution in [0.4, 0.5) is 0 Å². The summed E-state index contributed by atoms with van der Waals surface area (Å²) in [4.78, 5) is 0. The Labute approximate surface area is 71.8 Å². The molecule has 1 N–H and O–H groups in total. The third-order valence-corrected chi connectivity index (χ3v) is 2.42. The molecule has 0 saturated heterocycles. The van der Waals surface area contributed by atoms with Gasteiger partial charge < -0.3 is 5.32 Å². The second-order valence-corrected chi connectivity index (χ2v) is 3.25. The summed E-state index contributed by atoms with van der Waals surface area (Å²) in [6.07, 6.45) is 2.99. The zero-order valence-corrected chi connectivity index (χ0v) is 7.53. The van der Waals surface area contributed by atoms with Gasteiger partial charge in [-0.2, -0.15) is 11.3 Å². The van der Waals surface area contributed by atoms with Gasteiger partial charge in [-0.25, -0.2) is 0 Å². The minimum absolute atomic E-state index is 0.407. The lowest BCUT2D eigenvalue weighted by molar-refractivity contribution is 0.666. The van der Waals surface area contributed by atoms with E-state index in [4.69, 9.17) is 0 Å². The van der Waals surface area contributed by atoms with E-state index in [1.165, 1.54) is 5.56 Å². The molecule has 0 spiro atoms. The Morgan fingerprint density at radius 3 is 3.09 bits per heavy atom. The first-order valence-corrected chi connectivity index (χ1v) is 4.62. The molecule has 1 atom stereocenters. The molecular weight excluding hydrogens is 154 g/mol. The van der Waals surface area contributed by atoms with E-state index in [0.29, 0.717) is 6.04 Å². The zero-order chi connectivity index (χ0) is 8.10. The summed E-state index contributed by atoms with van der Waals surface area (Å²) < 4.78 is 0. The Morgan fingerprint density at radius 1 is 1.82 bits per heavy atom. The lowest BCUT2D eigenvalue weighted by Crippen LogP contribution is -2.24. The molecule has 0 saturated carbocycles. The van der Waals surface area contributed by atoms with Crippen LogP contribution in [0.2, 0.25) is 0 Å². The Morgan fingerprint density at radius 2 is 2.64 bits per heavy atom. The van der Waals surface area contributed by atoms with E-state index in [1.54, 1.807) is 11.3 Å². The molecule has 0 aliphatic heterocycles. The molecule has 0 radical (unpaired) electrons. The maximum Gasteiger partial charge on any atom is 0.0285 e. The second kappa shape index (κ2) is 4.31. The quantitative estimate of drug-likeness (QED) is 0.677. The lowest BCUT2D eigenvalue weighted by Gasteiger charge is -2.08. The standard InChI is InChI=1S/C9H13NS/c1-3-9(10-2)6-8-4-5-11-7-8/h3-5,7,9-10H,1,6H2,2H3. The number of thiophene rings is 1. The molecule has 0 aliphatic carbocycles. The van der Waals surface area contributed by atoms with Crippen molar-refractivity contribution in [3.63, 3.8) is 0 Å². The smallest absolute Gasteiger partial charge is 0.0285 e. The highest BCUT2D eigenvalue weighted by atomic mass is 32.1. The molecule has 0 fully saturated rings. The highest BCUT2D eigenvalue weighted by molar-refractivity contribution is 7.07. The number of hydrogen-bond donors (Lipinski definition) is 1. The van der Waals surface area contributed by atoms with E-state index in [9.17, 15) is 0 Å². The summed E-state index contributed by atoms with van der Waals surface area (Å²) >= 11 is 1.74. The lowest BCUT2D eigenvalue weighted by atomic mass is 10.1. The Kier molecular flexibility index (Phi) is 3.33. The topological polar surface area (TPSA) is 12.0 Å². The fraction of sp³-hybridized carbons (Fsp3) is 0.333. The summed E-state index contributed by atoms with van der Waals surface area (Å²) in [5, 5.41) is 7.45. The van der Waals surface area contributed by atoms with Gasteiger partial charge in [0, 0.05) is 6.04 Å². The Bertz CT molecular complexity index is 203. The molecule has 1 unspecified atom stereocenters. The second-order valence-electron chi connectivity index (χ2n) is 2.47. The minimum Gasteiger partial charge on any atom is -0.313 e. The van der Waals surface area contributed by atoms with Crippen molar-refractivity contribution in [2.45, 2.75) is 12.5 Å². The molecular formula is C9H13NS. The number of rotatable bonds is 4. The highest BCUT2D eigenvalue weighted by Crippen LogP contribution is 2.08. The van der Waals surface area contributed by atoms with Gasteiger partial charge in [-0.05, 0) is 35.9 Å². The van der Waals surface area contributed by atoms with Gasteiger partial charge in [-0.15, -0.1) is 6.58 Å². The van der Waals surface area contributed by atoms with E-state index >= 15 is 0 Å². The van der Waals surface area contributed by atoms with E-state index in [0.717, 1.165) is 6.42 Å². The summed E-state index contributed by atoms with van der Waals surface area (Å²) in [5.74, 6) is 0. The van der Waals surface area contributed by atoms with Gasteiger partial charge in [0.15, 0.2) is 0 Å². The number of nitrogens with one attached hydrogen (secondary N) is 1. The van der Waals surface area contributed by atoms with Crippen LogP contribution in [0.3, 0.4) is 0 Å². The van der Waals surface area contributed by atoms with Crippen molar-refractivity contribution in [2.24, 2.45) is 0 Å². The molecule has 0 aliphatic rings. The van der Waals surface area contributed by atoms with Crippen LogP contribution in [0.5, 0.6) is 0 Å². The maximum absolute atomic E-state index is 3.75. The van der Waals surface area contributed by atoms with Gasteiger partial charge in [-0.3, -0.25) is 0 Å². The first kappa shape index (κ1) is 8.50. The van der Waals surface area contributed by atoms with Crippen molar-refractivity contribution < 1.29 is 0 Å². The van der Waals surface area contributed by atoms with Crippen molar-refractivity contribution in [1.29, 1.82) is 0 Å². The third-order valence-electron chi connectivity index (χ3n) is 1.69. The average Bonchev–Trinajstić information content (AvgIpc) is 2.52. The summed E-state index contributed by atoms with van der Waals surface area (Å²) in [6.45, 7) is 3.75. The van der Waals surface area contributed by atoms with E-state index < -0.39 is 0 Å². The Balaban J connectivity index is 2.47. The van der Waals surface area contributed by atoms with Gasteiger partial charge in [-0.1, -0.05) is 6.08 Å². The SMILES string of the molecule is C=CC(Cc1ccsc1)NC. The van der Waals surface area contributed by atoms with E-state index in [2.05, 4.69) is 28.7 Å². The van der Waals surface area contributed by atoms with Crippen LogP contribution >= 0.6 is 11.3 Å². The van der Waals surface area contributed by atoms with Crippen molar-refractivity contribution in [3.8, 4) is 0 Å². The molecule has 1 nitrogen and oxygen atoms in total. The van der Waals surface area contributed by atoms with Crippen LogP contribution in [-0.2, 0) is 6.42 Å². The molecule has 2 heteroatoms. The van der Waals surface area contributed by atoms with Crippen molar-refractivity contribution >= 4 is 11.3 Å². The van der Waals surface area contributed by atoms with E-state index in [1.807, 2.05) is 13.1 Å². The predicted molar refractivity (Wildman–Crippen MR) is 51.1 cm³/mol. The largest absolute Gasteiger partial charge is 0.313 e. The summed E-state index contributed by atoms with van der Waals surface area (Å²) in [6, 6.07) is 2.56. The molecule has 1 heterocycles. The predicted octanol–water partition coefficient (Wildman–Crippen LogP) is 2.06. The van der Waals surface area contributed by atoms with Crippen molar-refractivity contribution in [1.82, 2.24) is 5.32 Å². The zero-order valence-electron chi connectivity index (χ0n) is 6.71.